The molecule has 0 atom stereocenters. The van der Waals surface area contributed by atoms with Crippen molar-refractivity contribution in [3.63, 3.8) is 0 Å². The average molecular weight is 229 g/mol. The monoisotopic (exact) mass is 229 g/mol. The Hall–Kier alpha value is -1.30. The maximum Gasteiger partial charge on any atom is 0.233 e. The highest BCUT2D eigenvalue weighted by Crippen LogP contribution is 2.17. The summed E-state index contributed by atoms with van der Waals surface area (Å²) in [6.07, 6.45) is 2.90. The number of nitrogens with zero attached hydrogens (tertiary/aromatic N) is 1. The van der Waals surface area contributed by atoms with Crippen molar-refractivity contribution in [2.45, 2.75) is 13.8 Å². The molecule has 6 heteroatoms. The van der Waals surface area contributed by atoms with Crippen LogP contribution < -0.4 is 10.5 Å². The molecule has 0 aliphatic heterocycles. The second kappa shape index (κ2) is 4.48. The lowest BCUT2D eigenvalue weighted by Crippen LogP contribution is -2.20. The summed E-state index contributed by atoms with van der Waals surface area (Å²) in [5.74, 6) is 0.153. The minimum absolute atomic E-state index is 0.0746. The van der Waals surface area contributed by atoms with Crippen LogP contribution in [0.4, 0.5) is 11.4 Å². The molecule has 0 fully saturated rings. The standard InChI is InChI=1S/C9H15N3O2S/c1-7(2)6-15(13,14)12-9-3-4-11-5-8(9)10/h3-5,7H,6,10H2,1-2H3,(H,11,12). The van der Waals surface area contributed by atoms with Gasteiger partial charge in [0, 0.05) is 6.20 Å². The summed E-state index contributed by atoms with van der Waals surface area (Å²) in [6, 6.07) is 1.53. The average Bonchev–Trinajstić information content (AvgIpc) is 2.06. The van der Waals surface area contributed by atoms with E-state index in [2.05, 4.69) is 9.71 Å². The number of sulfonamides is 1. The van der Waals surface area contributed by atoms with Crippen molar-refractivity contribution in [2.24, 2.45) is 5.92 Å². The number of hydrogen-bond acceptors (Lipinski definition) is 4. The van der Waals surface area contributed by atoms with Crippen molar-refractivity contribution in [1.82, 2.24) is 4.98 Å². The van der Waals surface area contributed by atoms with Crippen molar-refractivity contribution < 1.29 is 8.42 Å². The molecule has 0 aliphatic rings. The molecule has 15 heavy (non-hydrogen) atoms. The number of nitrogens with two attached hydrogens (primary N) is 1. The number of anilines is 2. The van der Waals surface area contributed by atoms with Gasteiger partial charge in [0.1, 0.15) is 0 Å². The molecule has 1 heterocycles. The zero-order valence-corrected chi connectivity index (χ0v) is 9.58. The third-order valence-electron chi connectivity index (χ3n) is 1.67. The van der Waals surface area contributed by atoms with Gasteiger partial charge in [-0.1, -0.05) is 13.8 Å². The van der Waals surface area contributed by atoms with E-state index in [9.17, 15) is 8.42 Å². The zero-order chi connectivity index (χ0) is 11.5. The third kappa shape index (κ3) is 3.75. The molecule has 0 amide bonds. The lowest BCUT2D eigenvalue weighted by atomic mass is 10.3. The second-order valence-electron chi connectivity index (χ2n) is 3.74. The van der Waals surface area contributed by atoms with Crippen molar-refractivity contribution in [3.8, 4) is 0 Å². The predicted octanol–water partition coefficient (Wildman–Crippen LogP) is 1.06. The quantitative estimate of drug-likeness (QED) is 0.808. The van der Waals surface area contributed by atoms with Crippen LogP contribution in [0.15, 0.2) is 18.5 Å². The van der Waals surface area contributed by atoms with Crippen molar-refractivity contribution >= 4 is 21.4 Å². The van der Waals surface area contributed by atoms with Gasteiger partial charge in [0.05, 0.1) is 23.3 Å². The molecule has 0 aromatic carbocycles. The van der Waals surface area contributed by atoms with Crippen molar-refractivity contribution in [1.29, 1.82) is 0 Å². The molecule has 84 valence electrons. The summed E-state index contributed by atoms with van der Waals surface area (Å²) < 4.78 is 25.6. The highest BCUT2D eigenvalue weighted by atomic mass is 32.2. The first-order chi connectivity index (χ1) is 6.91. The molecule has 3 N–H and O–H groups in total. The Morgan fingerprint density at radius 2 is 2.20 bits per heavy atom. The van der Waals surface area contributed by atoms with E-state index in [0.717, 1.165) is 0 Å². The van der Waals surface area contributed by atoms with E-state index in [1.165, 1.54) is 18.5 Å². The minimum atomic E-state index is -3.31. The van der Waals surface area contributed by atoms with E-state index in [0.29, 0.717) is 11.4 Å². The van der Waals surface area contributed by atoms with Gasteiger partial charge < -0.3 is 5.73 Å². The predicted molar refractivity (Wildman–Crippen MR) is 60.9 cm³/mol. The SMILES string of the molecule is CC(C)CS(=O)(=O)Nc1ccncc1N. The van der Waals surface area contributed by atoms with E-state index in [1.807, 2.05) is 13.8 Å². The summed E-state index contributed by atoms with van der Waals surface area (Å²) in [5, 5.41) is 0. The lowest BCUT2D eigenvalue weighted by Gasteiger charge is -2.10. The first kappa shape index (κ1) is 11.8. The molecular formula is C9H15N3O2S. The van der Waals surface area contributed by atoms with Crippen LogP contribution in [0, 0.1) is 5.92 Å². The van der Waals surface area contributed by atoms with Crippen molar-refractivity contribution in [3.05, 3.63) is 18.5 Å². The highest BCUT2D eigenvalue weighted by Gasteiger charge is 2.13. The fourth-order valence-electron chi connectivity index (χ4n) is 1.15. The van der Waals surface area contributed by atoms with Gasteiger partial charge in [-0.05, 0) is 12.0 Å². The number of hydrogen-bond donors (Lipinski definition) is 2. The van der Waals surface area contributed by atoms with Gasteiger partial charge in [-0.25, -0.2) is 8.42 Å². The van der Waals surface area contributed by atoms with E-state index in [1.54, 1.807) is 0 Å². The van der Waals surface area contributed by atoms with Crippen LogP contribution in [0.1, 0.15) is 13.8 Å². The second-order valence-corrected chi connectivity index (χ2v) is 5.51. The summed E-state index contributed by atoms with van der Waals surface area (Å²) in [5.41, 5.74) is 6.27. The van der Waals surface area contributed by atoms with Gasteiger partial charge >= 0.3 is 0 Å². The lowest BCUT2D eigenvalue weighted by molar-refractivity contribution is 0.587. The van der Waals surface area contributed by atoms with Crippen LogP contribution in [0.2, 0.25) is 0 Å². The molecule has 1 rings (SSSR count). The van der Waals surface area contributed by atoms with Crippen LogP contribution in [0.3, 0.4) is 0 Å². The normalized spacial score (nSPS) is 11.7. The van der Waals surface area contributed by atoms with Crippen molar-refractivity contribution in [2.75, 3.05) is 16.2 Å². The maximum absolute atomic E-state index is 11.6. The van der Waals surface area contributed by atoms with E-state index in [4.69, 9.17) is 5.73 Å². The fraction of sp³-hybridized carbons (Fsp3) is 0.444. The molecular weight excluding hydrogens is 214 g/mol. The minimum Gasteiger partial charge on any atom is -0.396 e. The maximum atomic E-state index is 11.6. The van der Waals surface area contributed by atoms with E-state index < -0.39 is 10.0 Å². The number of nitrogens with one attached hydrogen (secondary N) is 1. The Morgan fingerprint density at radius 3 is 2.73 bits per heavy atom. The van der Waals surface area contributed by atoms with Gasteiger partial charge in [-0.15, -0.1) is 0 Å². The Labute approximate surface area is 89.8 Å². The van der Waals surface area contributed by atoms with E-state index in [-0.39, 0.29) is 11.7 Å². The molecule has 5 nitrogen and oxygen atoms in total. The third-order valence-corrected chi connectivity index (χ3v) is 3.31. The summed E-state index contributed by atoms with van der Waals surface area (Å²) >= 11 is 0. The molecule has 0 spiro atoms. The Morgan fingerprint density at radius 1 is 1.53 bits per heavy atom. The molecule has 0 bridgehead atoms. The van der Waals surface area contributed by atoms with Gasteiger partial charge in [0.25, 0.3) is 0 Å². The first-order valence-electron chi connectivity index (χ1n) is 4.60. The summed E-state index contributed by atoms with van der Waals surface area (Å²) in [4.78, 5) is 3.78. The van der Waals surface area contributed by atoms with Crippen LogP contribution in [-0.2, 0) is 10.0 Å². The molecule has 0 radical (unpaired) electrons. The van der Waals surface area contributed by atoms with Crippen LogP contribution in [-0.4, -0.2) is 19.2 Å². The molecule has 1 aromatic heterocycles. The Bertz CT molecular complexity index is 429. The van der Waals surface area contributed by atoms with Crippen LogP contribution in [0.25, 0.3) is 0 Å². The Balaban J connectivity index is 2.83. The van der Waals surface area contributed by atoms with Crippen LogP contribution >= 0.6 is 0 Å². The van der Waals surface area contributed by atoms with E-state index >= 15 is 0 Å². The summed E-state index contributed by atoms with van der Waals surface area (Å²) in [6.45, 7) is 3.68. The Kier molecular flexibility index (Phi) is 3.52. The van der Waals surface area contributed by atoms with Gasteiger partial charge in [0.2, 0.25) is 10.0 Å². The largest absolute Gasteiger partial charge is 0.396 e. The molecule has 1 aromatic rings. The number of pyridine rings is 1. The number of nitrogen functional groups attached to an aromatic ring is 1. The fourth-order valence-corrected chi connectivity index (χ4v) is 2.63. The number of rotatable bonds is 4. The first-order valence-corrected chi connectivity index (χ1v) is 6.26. The molecule has 0 unspecified atom stereocenters. The topological polar surface area (TPSA) is 85.1 Å². The zero-order valence-electron chi connectivity index (χ0n) is 8.77. The highest BCUT2D eigenvalue weighted by molar-refractivity contribution is 7.92. The van der Waals surface area contributed by atoms with Gasteiger partial charge in [0.15, 0.2) is 0 Å². The van der Waals surface area contributed by atoms with Crippen LogP contribution in [0.5, 0.6) is 0 Å². The smallest absolute Gasteiger partial charge is 0.233 e. The van der Waals surface area contributed by atoms with Gasteiger partial charge in [-0.2, -0.15) is 0 Å². The van der Waals surface area contributed by atoms with Gasteiger partial charge in [-0.3, -0.25) is 9.71 Å². The molecule has 0 saturated carbocycles. The number of aromatic nitrogens is 1. The molecule has 0 aliphatic carbocycles. The molecule has 0 saturated heterocycles. The summed E-state index contributed by atoms with van der Waals surface area (Å²) in [7, 11) is -3.31.